The summed E-state index contributed by atoms with van der Waals surface area (Å²) in [5, 5.41) is 12.9. The largest absolute Gasteiger partial charge is 0.462 e. The van der Waals surface area contributed by atoms with Crippen molar-refractivity contribution >= 4 is 17.6 Å². The molecule has 168 valence electrons. The highest BCUT2D eigenvalue weighted by atomic mass is 35.5. The Balaban J connectivity index is 1.55. The summed E-state index contributed by atoms with van der Waals surface area (Å²) in [4.78, 5) is 12.7. The van der Waals surface area contributed by atoms with Crippen LogP contribution in [-0.2, 0) is 17.7 Å². The lowest BCUT2D eigenvalue weighted by molar-refractivity contribution is 0.0525. The van der Waals surface area contributed by atoms with E-state index in [0.717, 1.165) is 40.2 Å². The lowest BCUT2D eigenvalue weighted by Gasteiger charge is -2.11. The van der Waals surface area contributed by atoms with Gasteiger partial charge in [-0.15, -0.1) is 16.7 Å². The van der Waals surface area contributed by atoms with Crippen LogP contribution in [0, 0.1) is 0 Å². The summed E-state index contributed by atoms with van der Waals surface area (Å²) in [5.41, 5.74) is 6.38. The molecule has 8 heteroatoms. The molecule has 1 saturated carbocycles. The molecule has 33 heavy (non-hydrogen) atoms. The minimum atomic E-state index is -0.352. The van der Waals surface area contributed by atoms with Gasteiger partial charge in [0.15, 0.2) is 0 Å². The van der Waals surface area contributed by atoms with E-state index in [1.54, 1.807) is 17.8 Å². The molecule has 0 radical (unpaired) electrons. The average molecular weight is 462 g/mol. The fourth-order valence-electron chi connectivity index (χ4n) is 4.30. The van der Waals surface area contributed by atoms with E-state index in [-0.39, 0.29) is 17.8 Å². The van der Waals surface area contributed by atoms with Crippen molar-refractivity contribution < 1.29 is 9.53 Å². The molecule has 2 aromatic heterocycles. The SMILES string of the molecule is CCOC(=O)c1cnn(-c2cccc(-c3cccc(CCl)c3)c2)c1C1C[C@H]1c1cn(C)nn1. The van der Waals surface area contributed by atoms with Crippen LogP contribution in [0.4, 0.5) is 0 Å². The molecule has 0 amide bonds. The lowest BCUT2D eigenvalue weighted by Crippen LogP contribution is -2.09. The van der Waals surface area contributed by atoms with E-state index in [1.807, 2.05) is 42.2 Å². The number of aromatic nitrogens is 5. The van der Waals surface area contributed by atoms with Gasteiger partial charge in [-0.2, -0.15) is 5.10 Å². The molecule has 0 aliphatic heterocycles. The summed E-state index contributed by atoms with van der Waals surface area (Å²) in [6, 6.07) is 16.3. The van der Waals surface area contributed by atoms with E-state index in [0.29, 0.717) is 18.1 Å². The number of hydrogen-bond donors (Lipinski definition) is 0. The molecule has 2 heterocycles. The molecule has 5 rings (SSSR count). The van der Waals surface area contributed by atoms with Gasteiger partial charge in [0.25, 0.3) is 0 Å². The molecule has 0 saturated heterocycles. The number of alkyl halides is 1. The van der Waals surface area contributed by atoms with Crippen molar-refractivity contribution in [3.63, 3.8) is 0 Å². The highest BCUT2D eigenvalue weighted by Gasteiger charge is 2.46. The third-order valence-corrected chi connectivity index (χ3v) is 6.26. The van der Waals surface area contributed by atoms with Crippen LogP contribution in [0.3, 0.4) is 0 Å². The first-order chi connectivity index (χ1) is 16.1. The van der Waals surface area contributed by atoms with E-state index in [2.05, 4.69) is 39.7 Å². The Labute approximate surface area is 196 Å². The van der Waals surface area contributed by atoms with Crippen molar-refractivity contribution in [1.82, 2.24) is 24.8 Å². The molecule has 0 bridgehead atoms. The zero-order valence-corrected chi connectivity index (χ0v) is 19.2. The number of aryl methyl sites for hydroxylation is 1. The molecule has 4 aromatic rings. The van der Waals surface area contributed by atoms with Gasteiger partial charge in [0, 0.05) is 31.0 Å². The Bertz CT molecular complexity index is 1310. The summed E-state index contributed by atoms with van der Waals surface area (Å²) < 4.78 is 8.89. The quantitative estimate of drug-likeness (QED) is 0.290. The van der Waals surface area contributed by atoms with Gasteiger partial charge in [-0.05, 0) is 48.2 Å². The molecule has 7 nitrogen and oxygen atoms in total. The third kappa shape index (κ3) is 4.16. The summed E-state index contributed by atoms with van der Waals surface area (Å²) in [7, 11) is 1.85. The minimum absolute atomic E-state index is 0.117. The van der Waals surface area contributed by atoms with E-state index in [4.69, 9.17) is 16.3 Å². The fourth-order valence-corrected chi connectivity index (χ4v) is 4.46. The predicted octanol–water partition coefficient (Wildman–Crippen LogP) is 4.85. The van der Waals surface area contributed by atoms with Gasteiger partial charge in [-0.25, -0.2) is 9.48 Å². The summed E-state index contributed by atoms with van der Waals surface area (Å²) in [6.07, 6.45) is 4.42. The number of hydrogen-bond acceptors (Lipinski definition) is 5. The molecule has 0 N–H and O–H groups in total. The molecular formula is C25H24ClN5O2. The molecule has 0 spiro atoms. The zero-order chi connectivity index (χ0) is 22.9. The number of esters is 1. The van der Waals surface area contributed by atoms with Gasteiger partial charge in [-0.3, -0.25) is 4.68 Å². The monoisotopic (exact) mass is 461 g/mol. The van der Waals surface area contributed by atoms with E-state index >= 15 is 0 Å². The summed E-state index contributed by atoms with van der Waals surface area (Å²) in [6.45, 7) is 2.12. The second kappa shape index (κ2) is 8.83. The van der Waals surface area contributed by atoms with Crippen molar-refractivity contribution in [2.75, 3.05) is 6.61 Å². The standard InChI is InChI=1S/C25H24ClN5O2/c1-3-33-25(32)22-14-27-31(24(22)21-12-20(21)23-15-30(2)29-28-23)19-9-5-8-18(11-19)17-7-4-6-16(10-17)13-26/h4-11,14-15,20-21H,3,12-13H2,1-2H3/t20-,21?/m1/s1. The van der Waals surface area contributed by atoms with Crippen LogP contribution < -0.4 is 0 Å². The molecular weight excluding hydrogens is 438 g/mol. The number of ether oxygens (including phenoxy) is 1. The molecule has 1 fully saturated rings. The topological polar surface area (TPSA) is 74.8 Å². The van der Waals surface area contributed by atoms with Gasteiger partial charge < -0.3 is 4.74 Å². The number of carbonyl (C=O) groups is 1. The van der Waals surface area contributed by atoms with Crippen LogP contribution in [0.25, 0.3) is 16.8 Å². The maximum Gasteiger partial charge on any atom is 0.341 e. The highest BCUT2D eigenvalue weighted by molar-refractivity contribution is 6.17. The highest BCUT2D eigenvalue weighted by Crippen LogP contribution is 2.55. The van der Waals surface area contributed by atoms with Gasteiger partial charge in [-0.1, -0.05) is 35.5 Å². The van der Waals surface area contributed by atoms with Crippen LogP contribution in [0.15, 0.2) is 60.9 Å². The summed E-state index contributed by atoms with van der Waals surface area (Å²) in [5.74, 6) is 0.429. The predicted molar refractivity (Wildman–Crippen MR) is 126 cm³/mol. The van der Waals surface area contributed by atoms with Gasteiger partial charge in [0.1, 0.15) is 5.56 Å². The Morgan fingerprint density at radius 2 is 1.94 bits per heavy atom. The zero-order valence-electron chi connectivity index (χ0n) is 18.5. The maximum atomic E-state index is 12.7. The van der Waals surface area contributed by atoms with Crippen molar-refractivity contribution in [3.05, 3.63) is 83.4 Å². The summed E-state index contributed by atoms with van der Waals surface area (Å²) >= 11 is 6.03. The smallest absolute Gasteiger partial charge is 0.341 e. The van der Waals surface area contributed by atoms with Gasteiger partial charge in [0.2, 0.25) is 0 Å². The van der Waals surface area contributed by atoms with Crippen LogP contribution >= 0.6 is 11.6 Å². The van der Waals surface area contributed by atoms with Crippen LogP contribution in [-0.4, -0.2) is 37.4 Å². The normalized spacial score (nSPS) is 17.2. The van der Waals surface area contributed by atoms with Gasteiger partial charge in [0.05, 0.1) is 29.9 Å². The van der Waals surface area contributed by atoms with Crippen LogP contribution in [0.5, 0.6) is 0 Å². The molecule has 1 unspecified atom stereocenters. The van der Waals surface area contributed by atoms with Crippen LogP contribution in [0.2, 0.25) is 0 Å². The molecule has 1 aliphatic rings. The number of rotatable bonds is 7. The Hall–Kier alpha value is -3.45. The van der Waals surface area contributed by atoms with Crippen molar-refractivity contribution in [2.24, 2.45) is 7.05 Å². The number of halogens is 1. The van der Waals surface area contributed by atoms with E-state index in [1.165, 1.54) is 0 Å². The molecule has 1 aliphatic carbocycles. The third-order valence-electron chi connectivity index (χ3n) is 5.95. The number of nitrogens with zero attached hydrogens (tertiary/aromatic N) is 5. The lowest BCUT2D eigenvalue weighted by atomic mass is 10.0. The second-order valence-corrected chi connectivity index (χ2v) is 8.49. The van der Waals surface area contributed by atoms with Crippen LogP contribution in [0.1, 0.15) is 52.5 Å². The maximum absolute atomic E-state index is 12.7. The van der Waals surface area contributed by atoms with Gasteiger partial charge >= 0.3 is 5.97 Å². The fraction of sp³-hybridized carbons (Fsp3) is 0.280. The first-order valence-electron chi connectivity index (χ1n) is 11.0. The van der Waals surface area contributed by atoms with E-state index < -0.39 is 0 Å². The molecule has 2 atom stereocenters. The Morgan fingerprint density at radius 1 is 1.15 bits per heavy atom. The number of carbonyl (C=O) groups excluding carboxylic acids is 1. The Morgan fingerprint density at radius 3 is 2.67 bits per heavy atom. The minimum Gasteiger partial charge on any atom is -0.462 e. The Kier molecular flexibility index (Phi) is 5.72. The van der Waals surface area contributed by atoms with Crippen molar-refractivity contribution in [1.29, 1.82) is 0 Å². The first-order valence-corrected chi connectivity index (χ1v) is 11.5. The molecule has 2 aromatic carbocycles. The average Bonchev–Trinajstić information content (AvgIpc) is 3.29. The van der Waals surface area contributed by atoms with E-state index in [9.17, 15) is 4.79 Å². The first kappa shape index (κ1) is 21.4. The second-order valence-electron chi connectivity index (χ2n) is 8.23. The van der Waals surface area contributed by atoms with Crippen molar-refractivity contribution in [2.45, 2.75) is 31.1 Å². The van der Waals surface area contributed by atoms with Crippen molar-refractivity contribution in [3.8, 4) is 16.8 Å². The number of benzene rings is 2.